The second kappa shape index (κ2) is 10.8. The Bertz CT molecular complexity index is 1330. The molecule has 0 spiro atoms. The first-order valence-electron chi connectivity index (χ1n) is 10.9. The van der Waals surface area contributed by atoms with Crippen LogP contribution in [0, 0.1) is 0 Å². The number of carbonyl (C=O) groups excluding carboxylic acids is 2. The van der Waals surface area contributed by atoms with Crippen molar-refractivity contribution in [3.8, 4) is 0 Å². The second-order valence-electron chi connectivity index (χ2n) is 7.59. The summed E-state index contributed by atoms with van der Waals surface area (Å²) in [5.74, 6) is -0.362. The lowest BCUT2D eigenvalue weighted by atomic mass is 10.1. The third-order valence-corrected chi connectivity index (χ3v) is 6.02. The molecule has 0 bridgehead atoms. The molecule has 0 fully saturated rings. The molecule has 0 aliphatic heterocycles. The number of benzene rings is 2. The molecule has 34 heavy (non-hydrogen) atoms. The minimum atomic E-state index is -0.600. The fourth-order valence-corrected chi connectivity index (χ4v) is 4.03. The number of aromatic nitrogens is 4. The fraction of sp³-hybridized carbons (Fsp3) is 0.208. The number of thioether (sulfide) groups is 1. The van der Waals surface area contributed by atoms with Crippen molar-refractivity contribution in [1.29, 1.82) is 0 Å². The maximum atomic E-state index is 12.4. The van der Waals surface area contributed by atoms with Gasteiger partial charge in [-0.3, -0.25) is 25.2 Å². The van der Waals surface area contributed by atoms with Crippen molar-refractivity contribution >= 4 is 34.6 Å². The van der Waals surface area contributed by atoms with Gasteiger partial charge in [0.05, 0.1) is 11.0 Å². The number of hydrazine groups is 1. The summed E-state index contributed by atoms with van der Waals surface area (Å²) in [5.41, 5.74) is 7.85. The number of aryl methyl sites for hydroxylation is 1. The number of H-pyrrole nitrogens is 1. The van der Waals surface area contributed by atoms with Crippen LogP contribution in [0.3, 0.4) is 0 Å². The highest BCUT2D eigenvalue weighted by Gasteiger charge is 2.12. The van der Waals surface area contributed by atoms with Crippen molar-refractivity contribution in [1.82, 2.24) is 30.6 Å². The van der Waals surface area contributed by atoms with Crippen molar-refractivity contribution in [2.24, 2.45) is 0 Å². The average Bonchev–Trinajstić information content (AvgIpc) is 3.29. The number of imidazole rings is 1. The third kappa shape index (κ3) is 5.70. The molecule has 0 unspecified atom stereocenters. The van der Waals surface area contributed by atoms with Crippen LogP contribution >= 0.6 is 11.8 Å². The molecule has 0 aliphatic rings. The van der Waals surface area contributed by atoms with Crippen molar-refractivity contribution in [2.45, 2.75) is 37.2 Å². The van der Waals surface area contributed by atoms with Gasteiger partial charge in [-0.15, -0.1) is 0 Å². The molecule has 0 saturated carbocycles. The van der Waals surface area contributed by atoms with Crippen LogP contribution in [0.25, 0.3) is 11.0 Å². The first kappa shape index (κ1) is 23.2. The number of fused-ring (bicyclic) bond motifs is 1. The number of nitrogens with one attached hydrogen (secondary N) is 3. The van der Waals surface area contributed by atoms with Crippen LogP contribution in [0.15, 0.2) is 70.6 Å². The number of carbonyl (C=O) groups is 2. The van der Waals surface area contributed by atoms with Gasteiger partial charge in [0.2, 0.25) is 0 Å². The van der Waals surface area contributed by atoms with Crippen LogP contribution < -0.4 is 16.4 Å². The molecule has 2 amide bonds. The highest BCUT2D eigenvalue weighted by molar-refractivity contribution is 7.98. The average molecular weight is 477 g/mol. The normalized spacial score (nSPS) is 10.9. The number of hydrogen-bond donors (Lipinski definition) is 3. The van der Waals surface area contributed by atoms with Crippen LogP contribution in [-0.4, -0.2) is 31.6 Å². The first-order chi connectivity index (χ1) is 16.5. The molecule has 0 atom stereocenters. The zero-order valence-electron chi connectivity index (χ0n) is 18.6. The molecule has 10 heteroatoms. The van der Waals surface area contributed by atoms with Gasteiger partial charge in [0, 0.05) is 23.9 Å². The quantitative estimate of drug-likeness (QED) is 0.265. The minimum absolute atomic E-state index is 0.0500. The number of unbranched alkanes of at least 4 members (excludes halogenated alkanes) is 1. The summed E-state index contributed by atoms with van der Waals surface area (Å²) >= 11 is 1.58. The van der Waals surface area contributed by atoms with E-state index in [1.807, 2.05) is 43.3 Å². The number of nitrogens with zero attached hydrogens (tertiary/aromatic N) is 3. The van der Waals surface area contributed by atoms with E-state index in [0.29, 0.717) is 17.9 Å². The molecule has 2 aromatic heterocycles. The maximum Gasteiger partial charge on any atom is 0.290 e. The number of amides is 2. The summed E-state index contributed by atoms with van der Waals surface area (Å²) in [5, 5.41) is 4.90. The number of rotatable bonds is 8. The number of aromatic amines is 1. The molecule has 0 saturated heterocycles. The zero-order valence-corrected chi connectivity index (χ0v) is 19.4. The highest BCUT2D eigenvalue weighted by atomic mass is 32.2. The zero-order chi connectivity index (χ0) is 23.9. The summed E-state index contributed by atoms with van der Waals surface area (Å²) in [6, 6.07) is 17.6. The van der Waals surface area contributed by atoms with Crippen LogP contribution in [0.5, 0.6) is 0 Å². The van der Waals surface area contributed by atoms with Crippen LogP contribution in [0.2, 0.25) is 0 Å². The first-order valence-corrected chi connectivity index (χ1v) is 11.9. The molecule has 9 nitrogen and oxygen atoms in total. The standard InChI is InChI=1S/C24H24N6O3S/c1-2-3-14-30-21(31)13-12-20(29-30)23(33)28-27-22(32)17-10-8-16(9-11-17)15-34-24-25-18-6-4-5-7-19(18)26-24/h4-13H,2-3,14-15H2,1H3,(H,25,26)(H,27,32)(H,28,33). The monoisotopic (exact) mass is 476 g/mol. The molecular formula is C24H24N6O3S. The molecule has 2 heterocycles. The highest BCUT2D eigenvalue weighted by Crippen LogP contribution is 2.23. The second-order valence-corrected chi connectivity index (χ2v) is 8.55. The summed E-state index contributed by atoms with van der Waals surface area (Å²) in [7, 11) is 0. The van der Waals surface area contributed by atoms with Gasteiger partial charge in [0.1, 0.15) is 0 Å². The van der Waals surface area contributed by atoms with E-state index in [2.05, 4.69) is 25.9 Å². The van der Waals surface area contributed by atoms with Crippen molar-refractivity contribution < 1.29 is 9.59 Å². The van der Waals surface area contributed by atoms with E-state index in [9.17, 15) is 14.4 Å². The lowest BCUT2D eigenvalue weighted by Gasteiger charge is -2.09. The van der Waals surface area contributed by atoms with Gasteiger partial charge < -0.3 is 4.98 Å². The molecule has 174 valence electrons. The third-order valence-electron chi connectivity index (χ3n) is 5.07. The fourth-order valence-electron chi connectivity index (χ4n) is 3.19. The molecule has 0 radical (unpaired) electrons. The van der Waals surface area contributed by atoms with E-state index in [-0.39, 0.29) is 11.3 Å². The van der Waals surface area contributed by atoms with E-state index >= 15 is 0 Å². The van der Waals surface area contributed by atoms with Crippen LogP contribution in [-0.2, 0) is 12.3 Å². The molecule has 2 aromatic carbocycles. The lowest BCUT2D eigenvalue weighted by Crippen LogP contribution is -2.42. The van der Waals surface area contributed by atoms with E-state index in [1.165, 1.54) is 16.8 Å². The number of hydrogen-bond acceptors (Lipinski definition) is 6. The predicted molar refractivity (Wildman–Crippen MR) is 130 cm³/mol. The van der Waals surface area contributed by atoms with Gasteiger partial charge in [-0.05, 0) is 42.3 Å². The van der Waals surface area contributed by atoms with Crippen molar-refractivity contribution in [3.05, 3.63) is 87.8 Å². The SMILES string of the molecule is CCCCn1nc(C(=O)NNC(=O)c2ccc(CSc3nc4ccccc4[nH]3)cc2)ccc1=O. The number of para-hydroxylation sites is 2. The van der Waals surface area contributed by atoms with E-state index in [1.54, 1.807) is 23.9 Å². The van der Waals surface area contributed by atoms with Gasteiger partial charge in [-0.2, -0.15) is 5.10 Å². The molecule has 4 rings (SSSR count). The largest absolute Gasteiger partial charge is 0.333 e. The van der Waals surface area contributed by atoms with Gasteiger partial charge in [-0.25, -0.2) is 9.67 Å². The van der Waals surface area contributed by atoms with Gasteiger partial charge in [0.15, 0.2) is 10.9 Å². The maximum absolute atomic E-state index is 12.4. The van der Waals surface area contributed by atoms with Gasteiger partial charge in [-0.1, -0.05) is 49.4 Å². The van der Waals surface area contributed by atoms with E-state index < -0.39 is 11.8 Å². The van der Waals surface area contributed by atoms with Crippen LogP contribution in [0.1, 0.15) is 46.2 Å². The Morgan fingerprint density at radius 2 is 1.76 bits per heavy atom. The van der Waals surface area contributed by atoms with E-state index in [0.717, 1.165) is 34.6 Å². The van der Waals surface area contributed by atoms with Crippen LogP contribution in [0.4, 0.5) is 0 Å². The molecule has 0 aliphatic carbocycles. The van der Waals surface area contributed by atoms with Gasteiger partial charge in [0.25, 0.3) is 17.4 Å². The summed E-state index contributed by atoms with van der Waals surface area (Å²) in [6.45, 7) is 2.44. The Morgan fingerprint density at radius 1 is 1.00 bits per heavy atom. The summed E-state index contributed by atoms with van der Waals surface area (Å²) in [6.07, 6.45) is 1.68. The molecule has 3 N–H and O–H groups in total. The van der Waals surface area contributed by atoms with Crippen molar-refractivity contribution in [3.63, 3.8) is 0 Å². The summed E-state index contributed by atoms with van der Waals surface area (Å²) in [4.78, 5) is 44.4. The molecule has 4 aromatic rings. The Morgan fingerprint density at radius 3 is 2.53 bits per heavy atom. The smallest absolute Gasteiger partial charge is 0.290 e. The van der Waals surface area contributed by atoms with E-state index in [4.69, 9.17) is 0 Å². The Hall–Kier alpha value is -3.92. The predicted octanol–water partition coefficient (Wildman–Crippen LogP) is 3.29. The minimum Gasteiger partial charge on any atom is -0.333 e. The Kier molecular flexibility index (Phi) is 7.38. The van der Waals surface area contributed by atoms with Crippen molar-refractivity contribution in [2.75, 3.05) is 0 Å². The Labute approximate surface area is 200 Å². The molecular weight excluding hydrogens is 452 g/mol. The topological polar surface area (TPSA) is 122 Å². The lowest BCUT2D eigenvalue weighted by molar-refractivity contribution is 0.0842. The van der Waals surface area contributed by atoms with Gasteiger partial charge >= 0.3 is 0 Å². The summed E-state index contributed by atoms with van der Waals surface area (Å²) < 4.78 is 1.25. The Balaban J connectivity index is 1.30.